The summed E-state index contributed by atoms with van der Waals surface area (Å²) in [7, 11) is 0. The van der Waals surface area contributed by atoms with Crippen LogP contribution in [0.1, 0.15) is 46.0 Å². The maximum absolute atomic E-state index is 12.7. The third-order valence-corrected chi connectivity index (χ3v) is 5.68. The van der Waals surface area contributed by atoms with Crippen LogP contribution in [0.4, 0.5) is 5.69 Å². The Morgan fingerprint density at radius 3 is 2.27 bits per heavy atom. The van der Waals surface area contributed by atoms with Gasteiger partial charge in [0, 0.05) is 22.8 Å². The van der Waals surface area contributed by atoms with Crippen molar-refractivity contribution in [3.8, 4) is 0 Å². The van der Waals surface area contributed by atoms with Crippen LogP contribution in [0.5, 0.6) is 0 Å². The second kappa shape index (κ2) is 11.2. The molecule has 0 aliphatic heterocycles. The monoisotopic (exact) mass is 418 g/mol. The molecule has 2 amide bonds. The van der Waals surface area contributed by atoms with Gasteiger partial charge in [0.1, 0.15) is 0 Å². The maximum atomic E-state index is 12.7. The summed E-state index contributed by atoms with van der Waals surface area (Å²) in [4.78, 5) is 26.3. The zero-order valence-corrected chi connectivity index (χ0v) is 17.9. The van der Waals surface area contributed by atoms with Crippen LogP contribution >= 0.6 is 11.8 Å². The number of anilines is 1. The lowest BCUT2D eigenvalue weighted by molar-refractivity contribution is 0.0954. The number of thioether (sulfide) groups is 1. The van der Waals surface area contributed by atoms with E-state index >= 15 is 0 Å². The summed E-state index contributed by atoms with van der Waals surface area (Å²) in [5, 5.41) is 5.77. The molecule has 0 saturated carbocycles. The Labute approximate surface area is 182 Å². The van der Waals surface area contributed by atoms with E-state index in [1.165, 1.54) is 4.90 Å². The topological polar surface area (TPSA) is 58.2 Å². The summed E-state index contributed by atoms with van der Waals surface area (Å²) in [5.41, 5.74) is 2.69. The van der Waals surface area contributed by atoms with Crippen LogP contribution < -0.4 is 10.6 Å². The fraction of sp³-hybridized carbons (Fsp3) is 0.200. The molecule has 30 heavy (non-hydrogen) atoms. The number of amides is 2. The lowest BCUT2D eigenvalue weighted by Crippen LogP contribution is -2.26. The summed E-state index contributed by atoms with van der Waals surface area (Å²) in [6.07, 6.45) is 1.94. The molecular weight excluding hydrogens is 392 g/mol. The first kappa shape index (κ1) is 21.7. The fourth-order valence-electron chi connectivity index (χ4n) is 2.89. The Bertz CT molecular complexity index is 972. The predicted octanol–water partition coefficient (Wildman–Crippen LogP) is 5.76. The highest BCUT2D eigenvalue weighted by Crippen LogP contribution is 2.23. The maximum Gasteiger partial charge on any atom is 0.255 e. The molecule has 0 aliphatic rings. The average Bonchev–Trinajstić information content (AvgIpc) is 2.79. The molecule has 0 bridgehead atoms. The number of benzene rings is 3. The van der Waals surface area contributed by atoms with Crippen LogP contribution in [-0.2, 0) is 5.75 Å². The van der Waals surface area contributed by atoms with Crippen LogP contribution in [0.15, 0.2) is 83.8 Å². The number of carbonyl (C=O) groups excluding carboxylic acids is 2. The lowest BCUT2D eigenvalue weighted by atomic mass is 10.1. The van der Waals surface area contributed by atoms with E-state index in [4.69, 9.17) is 0 Å². The second-order valence-corrected chi connectivity index (χ2v) is 7.96. The number of carbonyl (C=O) groups is 2. The molecule has 0 aliphatic carbocycles. The molecule has 154 valence electrons. The number of hydrogen-bond acceptors (Lipinski definition) is 3. The highest BCUT2D eigenvalue weighted by Gasteiger charge is 2.13. The molecule has 4 nitrogen and oxygen atoms in total. The molecule has 2 N–H and O–H groups in total. The number of rotatable bonds is 9. The van der Waals surface area contributed by atoms with Gasteiger partial charge in [-0.05, 0) is 48.4 Å². The molecule has 3 aromatic carbocycles. The summed E-state index contributed by atoms with van der Waals surface area (Å²) in [6.45, 7) is 2.70. The van der Waals surface area contributed by atoms with Gasteiger partial charge in [-0.1, -0.05) is 55.8 Å². The Balaban J connectivity index is 1.61. The van der Waals surface area contributed by atoms with E-state index in [1.54, 1.807) is 30.0 Å². The quantitative estimate of drug-likeness (QED) is 0.343. The standard InChI is InChI=1S/C25H26N2O2S/c1-2-3-17-26-25(29)22-11-7-8-12-23(22)27-24(28)20-15-13-19(14-16-20)18-30-21-9-5-4-6-10-21/h4-16H,2-3,17-18H2,1H3,(H,26,29)(H,27,28). The zero-order chi connectivity index (χ0) is 21.2. The molecule has 0 radical (unpaired) electrons. The minimum Gasteiger partial charge on any atom is -0.352 e. The largest absolute Gasteiger partial charge is 0.352 e. The van der Waals surface area contributed by atoms with Gasteiger partial charge in [-0.3, -0.25) is 9.59 Å². The smallest absolute Gasteiger partial charge is 0.255 e. The Kier molecular flexibility index (Phi) is 8.10. The van der Waals surface area contributed by atoms with Crippen molar-refractivity contribution in [3.63, 3.8) is 0 Å². The van der Waals surface area contributed by atoms with E-state index < -0.39 is 0 Å². The second-order valence-electron chi connectivity index (χ2n) is 6.91. The minimum atomic E-state index is -0.230. The van der Waals surface area contributed by atoms with Gasteiger partial charge in [0.2, 0.25) is 0 Å². The molecule has 5 heteroatoms. The number of nitrogens with one attached hydrogen (secondary N) is 2. The first-order valence-electron chi connectivity index (χ1n) is 10.1. The van der Waals surface area contributed by atoms with Crippen molar-refractivity contribution in [2.45, 2.75) is 30.4 Å². The van der Waals surface area contributed by atoms with Gasteiger partial charge in [-0.25, -0.2) is 0 Å². The van der Waals surface area contributed by atoms with Gasteiger partial charge >= 0.3 is 0 Å². The van der Waals surface area contributed by atoms with E-state index in [0.717, 1.165) is 24.2 Å². The van der Waals surface area contributed by atoms with E-state index in [2.05, 4.69) is 29.7 Å². The zero-order valence-electron chi connectivity index (χ0n) is 17.1. The molecule has 0 fully saturated rings. The molecule has 0 spiro atoms. The van der Waals surface area contributed by atoms with Gasteiger partial charge in [0.05, 0.1) is 11.3 Å². The summed E-state index contributed by atoms with van der Waals surface area (Å²) < 4.78 is 0. The van der Waals surface area contributed by atoms with Gasteiger partial charge in [0.15, 0.2) is 0 Å². The summed E-state index contributed by atoms with van der Waals surface area (Å²) in [5.74, 6) is 0.436. The highest BCUT2D eigenvalue weighted by atomic mass is 32.2. The van der Waals surface area contributed by atoms with Gasteiger partial charge in [0.25, 0.3) is 11.8 Å². The van der Waals surface area contributed by atoms with Crippen molar-refractivity contribution in [3.05, 3.63) is 95.6 Å². The van der Waals surface area contributed by atoms with Crippen molar-refractivity contribution in [2.24, 2.45) is 0 Å². The van der Waals surface area contributed by atoms with Gasteiger partial charge < -0.3 is 10.6 Å². The molecule has 3 aromatic rings. The minimum absolute atomic E-state index is 0.173. The van der Waals surface area contributed by atoms with E-state index in [-0.39, 0.29) is 11.8 Å². The third-order valence-electron chi connectivity index (χ3n) is 4.60. The molecule has 3 rings (SSSR count). The van der Waals surface area contributed by atoms with E-state index in [9.17, 15) is 9.59 Å². The third kappa shape index (κ3) is 6.22. The molecule has 0 saturated heterocycles. The van der Waals surface area contributed by atoms with Crippen LogP contribution in [0.3, 0.4) is 0 Å². The molecule has 0 atom stereocenters. The van der Waals surface area contributed by atoms with Gasteiger partial charge in [-0.15, -0.1) is 11.8 Å². The molecule has 0 heterocycles. The first-order chi connectivity index (χ1) is 14.7. The number of para-hydroxylation sites is 1. The summed E-state index contributed by atoms with van der Waals surface area (Å²) in [6, 6.07) is 24.9. The predicted molar refractivity (Wildman–Crippen MR) is 124 cm³/mol. The Hall–Kier alpha value is -3.05. The van der Waals surface area contributed by atoms with Crippen LogP contribution in [0.2, 0.25) is 0 Å². The van der Waals surface area contributed by atoms with Crippen LogP contribution in [-0.4, -0.2) is 18.4 Å². The number of unbranched alkanes of at least 4 members (excludes halogenated alkanes) is 1. The normalized spacial score (nSPS) is 10.4. The van der Waals surface area contributed by atoms with Crippen molar-refractivity contribution < 1.29 is 9.59 Å². The summed E-state index contributed by atoms with van der Waals surface area (Å²) >= 11 is 1.76. The Morgan fingerprint density at radius 2 is 1.53 bits per heavy atom. The van der Waals surface area contributed by atoms with Gasteiger partial charge in [-0.2, -0.15) is 0 Å². The molecular formula is C25H26N2O2S. The van der Waals surface area contributed by atoms with Crippen molar-refractivity contribution in [2.75, 3.05) is 11.9 Å². The van der Waals surface area contributed by atoms with Crippen molar-refractivity contribution in [1.82, 2.24) is 5.32 Å². The van der Waals surface area contributed by atoms with Crippen molar-refractivity contribution >= 4 is 29.3 Å². The number of hydrogen-bond donors (Lipinski definition) is 2. The fourth-order valence-corrected chi connectivity index (χ4v) is 3.77. The SMILES string of the molecule is CCCCNC(=O)c1ccccc1NC(=O)c1ccc(CSc2ccccc2)cc1. The first-order valence-corrected chi connectivity index (χ1v) is 11.1. The Morgan fingerprint density at radius 1 is 0.833 bits per heavy atom. The van der Waals surface area contributed by atoms with E-state index in [1.807, 2.05) is 48.5 Å². The highest BCUT2D eigenvalue weighted by molar-refractivity contribution is 7.98. The average molecular weight is 419 g/mol. The van der Waals surface area contributed by atoms with Crippen LogP contribution in [0, 0.1) is 0 Å². The van der Waals surface area contributed by atoms with E-state index in [0.29, 0.717) is 23.4 Å². The van der Waals surface area contributed by atoms with Crippen molar-refractivity contribution in [1.29, 1.82) is 0 Å². The lowest BCUT2D eigenvalue weighted by Gasteiger charge is -2.11. The molecule has 0 aromatic heterocycles. The molecule has 0 unspecified atom stereocenters. The van der Waals surface area contributed by atoms with Crippen LogP contribution in [0.25, 0.3) is 0 Å².